The number of nitrogens with zero attached hydrogens (tertiary/aromatic N) is 2. The molecule has 0 aliphatic heterocycles. The van der Waals surface area contributed by atoms with E-state index in [2.05, 4.69) is 15.3 Å². The van der Waals surface area contributed by atoms with Gasteiger partial charge in [-0.05, 0) is 12.1 Å². The van der Waals surface area contributed by atoms with Gasteiger partial charge in [0.2, 0.25) is 11.0 Å². The van der Waals surface area contributed by atoms with E-state index in [1.807, 2.05) is 0 Å². The average molecular weight is 284 g/mol. The highest BCUT2D eigenvalue weighted by Crippen LogP contribution is 2.17. The Labute approximate surface area is 109 Å². The minimum Gasteiger partial charge on any atom is -0.438 e. The van der Waals surface area contributed by atoms with Gasteiger partial charge in [0, 0.05) is 26.5 Å². The second-order valence-corrected chi connectivity index (χ2v) is 5.88. The number of hydrogen-bond acceptors (Lipinski definition) is 5. The number of H-pyrrole nitrogens is 1. The maximum Gasteiger partial charge on any atom is 0.293 e. The summed E-state index contributed by atoms with van der Waals surface area (Å²) in [5, 5.41) is 2.13. The standard InChI is InChI=1S/C10H12N4O4S/c1-14(2)19(16,17)8-4-3-7(18-8)9(15)13-10-11-5-6-12-10/h3-6H,1-2H3,(H2,11,12,13,15). The van der Waals surface area contributed by atoms with Gasteiger partial charge in [-0.1, -0.05) is 0 Å². The van der Waals surface area contributed by atoms with Crippen LogP contribution >= 0.6 is 0 Å². The van der Waals surface area contributed by atoms with Crippen LogP contribution in [0.3, 0.4) is 0 Å². The molecular formula is C10H12N4O4S. The summed E-state index contributed by atoms with van der Waals surface area (Å²) in [4.78, 5) is 18.2. The summed E-state index contributed by atoms with van der Waals surface area (Å²) >= 11 is 0. The molecule has 0 radical (unpaired) electrons. The Hall–Kier alpha value is -2.13. The number of anilines is 1. The number of hydrogen-bond donors (Lipinski definition) is 2. The van der Waals surface area contributed by atoms with Crippen LogP contribution in [0.5, 0.6) is 0 Å². The van der Waals surface area contributed by atoms with Crippen molar-refractivity contribution < 1.29 is 17.6 Å². The highest BCUT2D eigenvalue weighted by molar-refractivity contribution is 7.88. The second-order valence-electron chi connectivity index (χ2n) is 3.80. The van der Waals surface area contributed by atoms with E-state index in [4.69, 9.17) is 4.42 Å². The molecular weight excluding hydrogens is 272 g/mol. The molecule has 0 atom stereocenters. The molecule has 0 unspecified atom stereocenters. The zero-order valence-corrected chi connectivity index (χ0v) is 11.1. The van der Waals surface area contributed by atoms with E-state index < -0.39 is 15.9 Å². The normalized spacial score (nSPS) is 11.7. The molecule has 0 saturated heterocycles. The van der Waals surface area contributed by atoms with Crippen LogP contribution in [-0.2, 0) is 10.0 Å². The predicted molar refractivity (Wildman–Crippen MR) is 66.1 cm³/mol. The van der Waals surface area contributed by atoms with E-state index in [-0.39, 0.29) is 16.8 Å². The van der Waals surface area contributed by atoms with Crippen molar-refractivity contribution in [3.63, 3.8) is 0 Å². The zero-order chi connectivity index (χ0) is 14.0. The monoisotopic (exact) mass is 284 g/mol. The van der Waals surface area contributed by atoms with Gasteiger partial charge in [0.1, 0.15) is 0 Å². The number of aromatic amines is 1. The van der Waals surface area contributed by atoms with Crippen molar-refractivity contribution in [2.24, 2.45) is 0 Å². The molecule has 2 aromatic heterocycles. The van der Waals surface area contributed by atoms with Crippen LogP contribution in [0.15, 0.2) is 34.0 Å². The molecule has 0 aliphatic carbocycles. The first kappa shape index (κ1) is 13.3. The van der Waals surface area contributed by atoms with Gasteiger partial charge in [-0.2, -0.15) is 0 Å². The lowest BCUT2D eigenvalue weighted by Crippen LogP contribution is -2.21. The Morgan fingerprint density at radius 3 is 2.74 bits per heavy atom. The van der Waals surface area contributed by atoms with E-state index in [1.165, 1.54) is 32.4 Å². The molecule has 0 bridgehead atoms. The van der Waals surface area contributed by atoms with E-state index in [1.54, 1.807) is 6.20 Å². The molecule has 0 saturated carbocycles. The molecule has 9 heteroatoms. The number of imidazole rings is 1. The summed E-state index contributed by atoms with van der Waals surface area (Å²) in [6.07, 6.45) is 3.01. The van der Waals surface area contributed by atoms with Gasteiger partial charge >= 0.3 is 0 Å². The molecule has 0 spiro atoms. The van der Waals surface area contributed by atoms with Crippen molar-refractivity contribution in [3.8, 4) is 0 Å². The lowest BCUT2D eigenvalue weighted by Gasteiger charge is -2.07. The Bertz CT molecular complexity index is 672. The third-order valence-corrected chi connectivity index (χ3v) is 3.96. The second kappa shape index (κ2) is 4.86. The van der Waals surface area contributed by atoms with E-state index in [9.17, 15) is 13.2 Å². The largest absolute Gasteiger partial charge is 0.438 e. The Balaban J connectivity index is 2.20. The molecule has 2 heterocycles. The van der Waals surface area contributed by atoms with Crippen molar-refractivity contribution in [2.75, 3.05) is 19.4 Å². The van der Waals surface area contributed by atoms with Gasteiger partial charge in [0.05, 0.1) is 0 Å². The number of furan rings is 1. The van der Waals surface area contributed by atoms with E-state index in [0.717, 1.165) is 4.31 Å². The minimum absolute atomic E-state index is 0.114. The summed E-state index contributed by atoms with van der Waals surface area (Å²) in [7, 11) is -0.937. The van der Waals surface area contributed by atoms with E-state index in [0.29, 0.717) is 0 Å². The molecule has 2 aromatic rings. The van der Waals surface area contributed by atoms with Crippen LogP contribution < -0.4 is 5.32 Å². The number of carbonyl (C=O) groups is 1. The molecule has 2 rings (SSSR count). The Morgan fingerprint density at radius 2 is 2.16 bits per heavy atom. The van der Waals surface area contributed by atoms with Gasteiger partial charge in [0.25, 0.3) is 15.9 Å². The third kappa shape index (κ3) is 2.66. The molecule has 0 aliphatic rings. The first-order valence-corrected chi connectivity index (χ1v) is 6.68. The van der Waals surface area contributed by atoms with Crippen LogP contribution in [0, 0.1) is 0 Å². The number of sulfonamides is 1. The summed E-state index contributed by atoms with van der Waals surface area (Å²) in [6, 6.07) is 2.51. The van der Waals surface area contributed by atoms with Gasteiger partial charge in [0.15, 0.2) is 5.76 Å². The minimum atomic E-state index is -3.69. The Kier molecular flexibility index (Phi) is 3.40. The number of aromatic nitrogens is 2. The maximum absolute atomic E-state index is 11.8. The number of nitrogens with one attached hydrogen (secondary N) is 2. The van der Waals surface area contributed by atoms with Crippen LogP contribution in [0.25, 0.3) is 0 Å². The number of carbonyl (C=O) groups excluding carboxylic acids is 1. The summed E-state index contributed by atoms with van der Waals surface area (Å²) in [5.74, 6) is -0.453. The molecule has 8 nitrogen and oxygen atoms in total. The van der Waals surface area contributed by atoms with Gasteiger partial charge in [-0.25, -0.2) is 17.7 Å². The van der Waals surface area contributed by atoms with Crippen LogP contribution in [0.4, 0.5) is 5.95 Å². The topological polar surface area (TPSA) is 108 Å². The smallest absolute Gasteiger partial charge is 0.293 e. The number of rotatable bonds is 4. The van der Waals surface area contributed by atoms with Crippen LogP contribution in [0.1, 0.15) is 10.6 Å². The lowest BCUT2D eigenvalue weighted by molar-refractivity contribution is 0.0990. The zero-order valence-electron chi connectivity index (χ0n) is 10.2. The van der Waals surface area contributed by atoms with Crippen molar-refractivity contribution in [2.45, 2.75) is 5.09 Å². The third-order valence-electron chi connectivity index (χ3n) is 2.27. The van der Waals surface area contributed by atoms with Gasteiger partial charge < -0.3 is 9.40 Å². The number of amides is 1. The van der Waals surface area contributed by atoms with Crippen molar-refractivity contribution >= 4 is 21.9 Å². The van der Waals surface area contributed by atoms with Crippen molar-refractivity contribution in [1.29, 1.82) is 0 Å². The molecule has 102 valence electrons. The van der Waals surface area contributed by atoms with Gasteiger partial charge in [-0.3, -0.25) is 10.1 Å². The molecule has 0 fully saturated rings. The first-order chi connectivity index (χ1) is 8.91. The fourth-order valence-electron chi connectivity index (χ4n) is 1.26. The average Bonchev–Trinajstić information content (AvgIpc) is 2.98. The molecule has 2 N–H and O–H groups in total. The Morgan fingerprint density at radius 1 is 1.42 bits per heavy atom. The SMILES string of the molecule is CN(C)S(=O)(=O)c1ccc(C(=O)Nc2ncc[nH]2)o1. The fraction of sp³-hybridized carbons (Fsp3) is 0.200. The summed E-state index contributed by atoms with van der Waals surface area (Å²) in [6.45, 7) is 0. The lowest BCUT2D eigenvalue weighted by atomic mass is 10.4. The molecule has 1 amide bonds. The van der Waals surface area contributed by atoms with E-state index >= 15 is 0 Å². The van der Waals surface area contributed by atoms with Crippen molar-refractivity contribution in [3.05, 3.63) is 30.3 Å². The van der Waals surface area contributed by atoms with Crippen LogP contribution in [-0.4, -0.2) is 42.7 Å². The highest BCUT2D eigenvalue weighted by atomic mass is 32.2. The summed E-state index contributed by atoms with van der Waals surface area (Å²) < 4.78 is 29.6. The first-order valence-electron chi connectivity index (χ1n) is 5.24. The highest BCUT2D eigenvalue weighted by Gasteiger charge is 2.23. The fourth-order valence-corrected chi connectivity index (χ4v) is 2.06. The molecule has 0 aromatic carbocycles. The summed E-state index contributed by atoms with van der Waals surface area (Å²) in [5.41, 5.74) is 0. The maximum atomic E-state index is 11.8. The predicted octanol–water partition coefficient (Wildman–Crippen LogP) is 0.505. The van der Waals surface area contributed by atoms with Crippen molar-refractivity contribution in [1.82, 2.24) is 14.3 Å². The van der Waals surface area contributed by atoms with Crippen LogP contribution in [0.2, 0.25) is 0 Å². The molecule has 19 heavy (non-hydrogen) atoms. The van der Waals surface area contributed by atoms with Gasteiger partial charge in [-0.15, -0.1) is 0 Å². The quantitative estimate of drug-likeness (QED) is 0.850.